The first kappa shape index (κ1) is 30.2. The molecular weight excluding hydrogens is 480 g/mol. The van der Waals surface area contributed by atoms with Crippen LogP contribution >= 0.6 is 0 Å². The highest BCUT2D eigenvalue weighted by Gasteiger charge is 2.23. The van der Waals surface area contributed by atoms with Gasteiger partial charge in [0.1, 0.15) is 18.7 Å². The Labute approximate surface area is 225 Å². The summed E-state index contributed by atoms with van der Waals surface area (Å²) < 4.78 is 5.73. The van der Waals surface area contributed by atoms with E-state index >= 15 is 0 Å². The molecule has 0 amide bonds. The Kier molecular flexibility index (Phi) is 12.7. The lowest BCUT2D eigenvalue weighted by atomic mass is 10.0. The number of nitrogens with zero attached hydrogens (tertiary/aromatic N) is 2. The number of nitrogens with one attached hydrogen (secondary N) is 2. The molecule has 0 aromatic heterocycles. The first-order valence-corrected chi connectivity index (χ1v) is 12.7. The number of nitro benzene ring substituents is 1. The van der Waals surface area contributed by atoms with E-state index in [1.54, 1.807) is 12.1 Å². The van der Waals surface area contributed by atoms with E-state index in [0.29, 0.717) is 31.0 Å². The van der Waals surface area contributed by atoms with Crippen LogP contribution in [0.1, 0.15) is 49.9 Å². The second kappa shape index (κ2) is 15.9. The number of aldehydes is 1. The molecule has 3 aromatic carbocycles. The van der Waals surface area contributed by atoms with Gasteiger partial charge in [-0.3, -0.25) is 15.5 Å². The van der Waals surface area contributed by atoms with Gasteiger partial charge in [-0.05, 0) is 43.1 Å². The van der Waals surface area contributed by atoms with Crippen molar-refractivity contribution >= 4 is 17.8 Å². The van der Waals surface area contributed by atoms with Crippen LogP contribution in [0.3, 0.4) is 0 Å². The highest BCUT2D eigenvalue weighted by Crippen LogP contribution is 2.30. The summed E-state index contributed by atoms with van der Waals surface area (Å²) in [5.41, 5.74) is 2.32. The van der Waals surface area contributed by atoms with Gasteiger partial charge in [0, 0.05) is 31.1 Å². The van der Waals surface area contributed by atoms with Gasteiger partial charge >= 0.3 is 5.69 Å². The topological polar surface area (TPSA) is 109 Å². The zero-order chi connectivity index (χ0) is 27.9. The molecule has 3 rings (SSSR count). The second-order valence-electron chi connectivity index (χ2n) is 9.24. The number of hydrogen-bond acceptors (Lipinski definition) is 6. The van der Waals surface area contributed by atoms with Crippen LogP contribution in [0.25, 0.3) is 0 Å². The number of hydrogen-bond donors (Lipinski definition) is 2. The summed E-state index contributed by atoms with van der Waals surface area (Å²) in [5.74, 6) is 0.949. The summed E-state index contributed by atoms with van der Waals surface area (Å²) in [5, 5.41) is 23.7. The zero-order valence-corrected chi connectivity index (χ0v) is 22.6. The maximum atomic E-state index is 11.7. The van der Waals surface area contributed by atoms with Crippen LogP contribution in [0.15, 0.2) is 78.9 Å². The maximum Gasteiger partial charge on any atom is 0.311 e. The molecule has 38 heavy (non-hydrogen) atoms. The van der Waals surface area contributed by atoms with Gasteiger partial charge in [-0.25, -0.2) is 0 Å². The zero-order valence-electron chi connectivity index (χ0n) is 22.6. The van der Waals surface area contributed by atoms with E-state index in [4.69, 9.17) is 10.1 Å². The number of benzene rings is 3. The quantitative estimate of drug-likeness (QED) is 0.0999. The van der Waals surface area contributed by atoms with E-state index in [1.807, 2.05) is 93.4 Å². The van der Waals surface area contributed by atoms with Crippen molar-refractivity contribution in [2.75, 3.05) is 20.1 Å². The molecule has 0 spiro atoms. The monoisotopic (exact) mass is 518 g/mol. The molecule has 0 saturated carbocycles. The third-order valence-electron chi connectivity index (χ3n) is 5.87. The largest absolute Gasteiger partial charge is 0.482 e. The van der Waals surface area contributed by atoms with E-state index in [-0.39, 0.29) is 29.9 Å². The van der Waals surface area contributed by atoms with E-state index in [2.05, 4.69) is 5.32 Å². The summed E-state index contributed by atoms with van der Waals surface area (Å²) in [7, 11) is 1.86. The van der Waals surface area contributed by atoms with Crippen molar-refractivity contribution in [3.8, 4) is 5.75 Å². The van der Waals surface area contributed by atoms with Gasteiger partial charge in [0.15, 0.2) is 5.75 Å². The standard InChI is InChI=1S/C25H28N4O3.C5H10O/c1-19(21-11-7-4-8-12-21)28(16-15-27-2)25(26)22-13-14-24(23(17-22)29(30)31)32-18-20-9-5-3-6-10-20;1-5(2)3-4-6/h3-14,17,19,26-27H,15-16,18H2,1-2H3;4-5H,3H2,1-2H3. The number of carbonyl (C=O) groups is 1. The molecule has 0 aliphatic carbocycles. The van der Waals surface area contributed by atoms with Crippen LogP contribution in [0.4, 0.5) is 5.69 Å². The molecule has 0 aliphatic rings. The molecule has 0 heterocycles. The fourth-order valence-corrected chi connectivity index (χ4v) is 3.67. The summed E-state index contributed by atoms with van der Waals surface area (Å²) in [4.78, 5) is 22.8. The van der Waals surface area contributed by atoms with Crippen molar-refractivity contribution < 1.29 is 14.5 Å². The van der Waals surface area contributed by atoms with Gasteiger partial charge in [0.05, 0.1) is 11.0 Å². The second-order valence-corrected chi connectivity index (χ2v) is 9.24. The lowest BCUT2D eigenvalue weighted by Crippen LogP contribution is -2.38. The molecule has 3 aromatic rings. The van der Waals surface area contributed by atoms with Crippen LogP contribution in [0.5, 0.6) is 5.75 Å². The van der Waals surface area contributed by atoms with Gasteiger partial charge in [-0.1, -0.05) is 74.5 Å². The van der Waals surface area contributed by atoms with Crippen LogP contribution in [0.2, 0.25) is 0 Å². The fraction of sp³-hybridized carbons (Fsp3) is 0.333. The van der Waals surface area contributed by atoms with Crippen molar-refractivity contribution in [2.45, 2.75) is 39.8 Å². The highest BCUT2D eigenvalue weighted by molar-refractivity contribution is 5.97. The van der Waals surface area contributed by atoms with E-state index in [1.165, 1.54) is 6.07 Å². The average Bonchev–Trinajstić information content (AvgIpc) is 2.93. The van der Waals surface area contributed by atoms with Crippen LogP contribution < -0.4 is 10.1 Å². The average molecular weight is 519 g/mol. The lowest BCUT2D eigenvalue weighted by molar-refractivity contribution is -0.386. The normalized spacial score (nSPS) is 11.2. The molecule has 0 saturated heterocycles. The predicted molar refractivity (Wildman–Crippen MR) is 152 cm³/mol. The molecule has 1 unspecified atom stereocenters. The minimum absolute atomic E-state index is 0.0647. The van der Waals surface area contributed by atoms with Gasteiger partial charge in [0.2, 0.25) is 0 Å². The van der Waals surface area contributed by atoms with Crippen molar-refractivity contribution in [3.05, 3.63) is 106 Å². The van der Waals surface area contributed by atoms with E-state index in [9.17, 15) is 14.9 Å². The third-order valence-corrected chi connectivity index (χ3v) is 5.87. The molecule has 1 atom stereocenters. The number of ether oxygens (including phenoxy) is 1. The Bertz CT molecular complexity index is 1150. The summed E-state index contributed by atoms with van der Waals surface area (Å²) in [6.07, 6.45) is 1.64. The molecule has 2 N–H and O–H groups in total. The Balaban J connectivity index is 0.000000757. The predicted octanol–water partition coefficient (Wildman–Crippen LogP) is 6.01. The molecule has 8 heteroatoms. The van der Waals surface area contributed by atoms with Crippen molar-refractivity contribution in [3.63, 3.8) is 0 Å². The Hall–Kier alpha value is -4.04. The van der Waals surface area contributed by atoms with Crippen LogP contribution in [-0.4, -0.2) is 42.1 Å². The lowest BCUT2D eigenvalue weighted by Gasteiger charge is -2.32. The summed E-state index contributed by atoms with van der Waals surface area (Å²) >= 11 is 0. The first-order valence-electron chi connectivity index (χ1n) is 12.7. The molecule has 0 bridgehead atoms. The summed E-state index contributed by atoms with van der Waals surface area (Å²) in [6.45, 7) is 7.58. The molecule has 8 nitrogen and oxygen atoms in total. The molecule has 202 valence electrons. The van der Waals surface area contributed by atoms with Gasteiger partial charge in [-0.15, -0.1) is 0 Å². The highest BCUT2D eigenvalue weighted by atomic mass is 16.6. The van der Waals surface area contributed by atoms with Crippen molar-refractivity contribution in [2.24, 2.45) is 5.92 Å². The Morgan fingerprint density at radius 3 is 2.21 bits per heavy atom. The number of carbonyl (C=O) groups excluding carboxylic acids is 1. The maximum absolute atomic E-state index is 11.7. The minimum atomic E-state index is -0.463. The smallest absolute Gasteiger partial charge is 0.311 e. The number of amidine groups is 1. The molecule has 0 fully saturated rings. The van der Waals surface area contributed by atoms with Crippen LogP contribution in [-0.2, 0) is 11.4 Å². The van der Waals surface area contributed by atoms with E-state index in [0.717, 1.165) is 17.4 Å². The Morgan fingerprint density at radius 2 is 1.68 bits per heavy atom. The number of nitro groups is 1. The first-order chi connectivity index (χ1) is 18.3. The summed E-state index contributed by atoms with van der Waals surface area (Å²) in [6, 6.07) is 24.1. The Morgan fingerprint density at radius 1 is 1.05 bits per heavy atom. The third kappa shape index (κ3) is 9.44. The minimum Gasteiger partial charge on any atom is -0.482 e. The molecule has 0 radical (unpaired) electrons. The fourth-order valence-electron chi connectivity index (χ4n) is 3.67. The van der Waals surface area contributed by atoms with Gasteiger partial charge in [0.25, 0.3) is 0 Å². The molecule has 0 aliphatic heterocycles. The van der Waals surface area contributed by atoms with Crippen molar-refractivity contribution in [1.82, 2.24) is 10.2 Å². The van der Waals surface area contributed by atoms with Gasteiger partial charge < -0.3 is 19.7 Å². The van der Waals surface area contributed by atoms with Gasteiger partial charge in [-0.2, -0.15) is 0 Å². The number of likely N-dealkylation sites (N-methyl/N-ethyl adjacent to an activating group) is 1. The SMILES string of the molecule is CC(C)CC=O.CNCCN(C(=N)c1ccc(OCc2ccccc2)c([N+](=O)[O-])c1)C(C)c1ccccc1. The number of rotatable bonds is 12. The molecular formula is C30H38N4O4. The van der Waals surface area contributed by atoms with Crippen LogP contribution in [0, 0.1) is 21.4 Å². The van der Waals surface area contributed by atoms with E-state index < -0.39 is 4.92 Å². The van der Waals surface area contributed by atoms with Crippen molar-refractivity contribution in [1.29, 1.82) is 5.41 Å².